The molecule has 2 amide bonds. The fourth-order valence-corrected chi connectivity index (χ4v) is 3.84. The highest BCUT2D eigenvalue weighted by atomic mass is 32.1. The van der Waals surface area contributed by atoms with E-state index in [1.807, 2.05) is 30.5 Å². The maximum Gasteiger partial charge on any atom is 0.313 e. The lowest BCUT2D eigenvalue weighted by Crippen LogP contribution is -2.34. The molecule has 0 aliphatic carbocycles. The number of hydrogen-bond donors (Lipinski definition) is 2. The Morgan fingerprint density at radius 2 is 1.69 bits per heavy atom. The van der Waals surface area contributed by atoms with Crippen molar-refractivity contribution in [3.8, 4) is 0 Å². The zero-order valence-electron chi connectivity index (χ0n) is 13.9. The number of amides is 2. The summed E-state index contributed by atoms with van der Waals surface area (Å²) in [5, 5.41) is 6.97. The van der Waals surface area contributed by atoms with Crippen LogP contribution in [0.3, 0.4) is 0 Å². The number of carbonyl (C=O) groups excluding carboxylic acids is 3. The van der Waals surface area contributed by atoms with E-state index >= 15 is 0 Å². The van der Waals surface area contributed by atoms with Crippen LogP contribution in [0.2, 0.25) is 0 Å². The molecule has 5 nitrogen and oxygen atoms in total. The lowest BCUT2D eigenvalue weighted by Gasteiger charge is -2.06. The van der Waals surface area contributed by atoms with Crippen LogP contribution in [-0.2, 0) is 16.1 Å². The van der Waals surface area contributed by atoms with E-state index in [2.05, 4.69) is 10.6 Å². The van der Waals surface area contributed by atoms with Crippen molar-refractivity contribution in [3.63, 3.8) is 0 Å². The molecule has 7 heteroatoms. The van der Waals surface area contributed by atoms with Gasteiger partial charge in [0.15, 0.2) is 0 Å². The molecule has 0 saturated heterocycles. The summed E-state index contributed by atoms with van der Waals surface area (Å²) in [4.78, 5) is 38.2. The van der Waals surface area contributed by atoms with Crippen molar-refractivity contribution >= 4 is 46.0 Å². The second-order valence-corrected chi connectivity index (χ2v) is 7.69. The predicted octanol–water partition coefficient (Wildman–Crippen LogP) is 3.60. The molecular weight excluding hydrogens is 368 g/mol. The Morgan fingerprint density at radius 1 is 0.923 bits per heavy atom. The van der Waals surface area contributed by atoms with E-state index in [9.17, 15) is 14.4 Å². The summed E-state index contributed by atoms with van der Waals surface area (Å²) in [6, 6.07) is 14.3. The maximum atomic E-state index is 12.3. The minimum atomic E-state index is -0.722. The predicted molar refractivity (Wildman–Crippen MR) is 104 cm³/mol. The largest absolute Gasteiger partial charge is 0.343 e. The number of ketones is 1. The minimum absolute atomic E-state index is 0.0281. The van der Waals surface area contributed by atoms with E-state index in [4.69, 9.17) is 0 Å². The molecule has 26 heavy (non-hydrogen) atoms. The second kappa shape index (κ2) is 8.07. The third-order valence-electron chi connectivity index (χ3n) is 3.57. The van der Waals surface area contributed by atoms with E-state index in [-0.39, 0.29) is 12.3 Å². The van der Waals surface area contributed by atoms with Crippen molar-refractivity contribution in [2.24, 2.45) is 0 Å². The van der Waals surface area contributed by atoms with Crippen LogP contribution in [0.5, 0.6) is 0 Å². The standard InChI is InChI=1S/C19H16N2O3S2/c1-12-4-6-13(7-5-12)21-19(24)18(23)20-11-14-8-9-16(26-14)17(22)15-3-2-10-25-15/h2-10H,11H2,1H3,(H,20,23)(H,21,24). The van der Waals surface area contributed by atoms with Crippen LogP contribution in [0.25, 0.3) is 0 Å². The molecule has 3 aromatic rings. The SMILES string of the molecule is Cc1ccc(NC(=O)C(=O)NCc2ccc(C(=O)c3cccs3)s2)cc1. The summed E-state index contributed by atoms with van der Waals surface area (Å²) in [5.41, 5.74) is 1.63. The summed E-state index contributed by atoms with van der Waals surface area (Å²) >= 11 is 2.70. The van der Waals surface area contributed by atoms with Crippen LogP contribution in [-0.4, -0.2) is 17.6 Å². The van der Waals surface area contributed by atoms with Crippen LogP contribution in [0.4, 0.5) is 5.69 Å². The molecule has 0 aliphatic heterocycles. The zero-order valence-corrected chi connectivity index (χ0v) is 15.6. The molecule has 0 atom stereocenters. The molecule has 0 saturated carbocycles. The van der Waals surface area contributed by atoms with E-state index in [1.165, 1.54) is 22.7 Å². The van der Waals surface area contributed by atoms with Gasteiger partial charge in [0.05, 0.1) is 16.3 Å². The summed E-state index contributed by atoms with van der Waals surface area (Å²) in [5.74, 6) is -1.47. The third kappa shape index (κ3) is 4.44. The topological polar surface area (TPSA) is 75.3 Å². The molecule has 132 valence electrons. The fraction of sp³-hybridized carbons (Fsp3) is 0.105. The van der Waals surface area contributed by atoms with Crippen molar-refractivity contribution in [3.05, 3.63) is 74.1 Å². The fourth-order valence-electron chi connectivity index (χ4n) is 2.20. The van der Waals surface area contributed by atoms with E-state index in [0.29, 0.717) is 15.4 Å². The highest BCUT2D eigenvalue weighted by molar-refractivity contribution is 7.16. The van der Waals surface area contributed by atoms with Gasteiger partial charge in [-0.1, -0.05) is 23.8 Å². The van der Waals surface area contributed by atoms with Gasteiger partial charge in [0.25, 0.3) is 0 Å². The number of carbonyl (C=O) groups is 3. The number of hydrogen-bond acceptors (Lipinski definition) is 5. The smallest absolute Gasteiger partial charge is 0.313 e. The number of anilines is 1. The molecular formula is C19H16N2O3S2. The third-order valence-corrected chi connectivity index (χ3v) is 5.52. The van der Waals surface area contributed by atoms with E-state index in [0.717, 1.165) is 10.4 Å². The Bertz CT molecular complexity index is 928. The average Bonchev–Trinajstić information content (AvgIpc) is 3.33. The van der Waals surface area contributed by atoms with Gasteiger partial charge in [-0.2, -0.15) is 0 Å². The number of thiophene rings is 2. The number of aryl methyl sites for hydroxylation is 1. The summed E-state index contributed by atoms with van der Waals surface area (Å²) < 4.78 is 0. The van der Waals surface area contributed by atoms with Crippen molar-refractivity contribution in [1.29, 1.82) is 0 Å². The zero-order chi connectivity index (χ0) is 18.5. The first-order chi connectivity index (χ1) is 12.5. The Morgan fingerprint density at radius 3 is 2.38 bits per heavy atom. The highest BCUT2D eigenvalue weighted by Gasteiger charge is 2.16. The van der Waals surface area contributed by atoms with Gasteiger partial charge in [-0.05, 0) is 42.6 Å². The first kappa shape index (κ1) is 18.0. The van der Waals surface area contributed by atoms with Crippen LogP contribution in [0.1, 0.15) is 25.0 Å². The van der Waals surface area contributed by atoms with Crippen molar-refractivity contribution in [1.82, 2.24) is 5.32 Å². The summed E-state index contributed by atoms with van der Waals surface area (Å²) in [6.45, 7) is 2.14. The molecule has 0 aliphatic rings. The van der Waals surface area contributed by atoms with Crippen molar-refractivity contribution in [2.45, 2.75) is 13.5 Å². The molecule has 0 unspecified atom stereocenters. The van der Waals surface area contributed by atoms with Crippen molar-refractivity contribution in [2.75, 3.05) is 5.32 Å². The minimum Gasteiger partial charge on any atom is -0.343 e. The Labute approximate surface area is 158 Å². The van der Waals surface area contributed by atoms with Crippen LogP contribution in [0, 0.1) is 6.92 Å². The maximum absolute atomic E-state index is 12.3. The molecule has 2 N–H and O–H groups in total. The number of benzene rings is 1. The average molecular weight is 384 g/mol. The molecule has 0 spiro atoms. The van der Waals surface area contributed by atoms with Crippen LogP contribution >= 0.6 is 22.7 Å². The number of rotatable bonds is 5. The van der Waals surface area contributed by atoms with Gasteiger partial charge in [0, 0.05) is 10.6 Å². The van der Waals surface area contributed by atoms with Gasteiger partial charge in [-0.25, -0.2) is 0 Å². The normalized spacial score (nSPS) is 10.3. The quantitative estimate of drug-likeness (QED) is 0.521. The van der Waals surface area contributed by atoms with Crippen molar-refractivity contribution < 1.29 is 14.4 Å². The molecule has 1 aromatic carbocycles. The molecule has 2 aromatic heterocycles. The lowest BCUT2D eigenvalue weighted by molar-refractivity contribution is -0.136. The second-order valence-electron chi connectivity index (χ2n) is 5.58. The molecule has 3 rings (SSSR count). The highest BCUT2D eigenvalue weighted by Crippen LogP contribution is 2.22. The van der Waals surface area contributed by atoms with Gasteiger partial charge in [0.1, 0.15) is 0 Å². The lowest BCUT2D eigenvalue weighted by atomic mass is 10.2. The Kier molecular flexibility index (Phi) is 5.60. The molecule has 0 bridgehead atoms. The van der Waals surface area contributed by atoms with Gasteiger partial charge >= 0.3 is 11.8 Å². The van der Waals surface area contributed by atoms with Gasteiger partial charge < -0.3 is 10.6 Å². The van der Waals surface area contributed by atoms with Gasteiger partial charge in [-0.3, -0.25) is 14.4 Å². The van der Waals surface area contributed by atoms with Gasteiger partial charge in [-0.15, -0.1) is 22.7 Å². The van der Waals surface area contributed by atoms with E-state index in [1.54, 1.807) is 30.3 Å². The molecule has 0 fully saturated rings. The monoisotopic (exact) mass is 384 g/mol. The number of nitrogens with one attached hydrogen (secondary N) is 2. The summed E-state index contributed by atoms with van der Waals surface area (Å²) in [7, 11) is 0. The Hall–Kier alpha value is -2.77. The summed E-state index contributed by atoms with van der Waals surface area (Å²) in [6.07, 6.45) is 0. The van der Waals surface area contributed by atoms with E-state index < -0.39 is 11.8 Å². The van der Waals surface area contributed by atoms with Crippen LogP contribution < -0.4 is 10.6 Å². The molecule has 0 radical (unpaired) electrons. The Balaban J connectivity index is 1.53. The van der Waals surface area contributed by atoms with Crippen LogP contribution in [0.15, 0.2) is 53.9 Å². The molecule has 2 heterocycles. The first-order valence-corrected chi connectivity index (χ1v) is 9.55. The first-order valence-electron chi connectivity index (χ1n) is 7.85. The van der Waals surface area contributed by atoms with Gasteiger partial charge in [0.2, 0.25) is 5.78 Å².